The van der Waals surface area contributed by atoms with Gasteiger partial charge in [-0.3, -0.25) is 38.1 Å². The number of phenols is 1. The Morgan fingerprint density at radius 1 is 0.764 bits per heavy atom. The first-order valence-corrected chi connectivity index (χ1v) is 31.0. The summed E-state index contributed by atoms with van der Waals surface area (Å²) in [7, 11) is -3.53. The molecule has 7 amide bonds. The van der Waals surface area contributed by atoms with E-state index in [1.54, 1.807) is 19.2 Å². The normalized spacial score (nSPS) is 25.3. The Morgan fingerprint density at radius 3 is 2.01 bits per heavy atom. The summed E-state index contributed by atoms with van der Waals surface area (Å²) in [5.74, 6) is -9.80. The predicted molar refractivity (Wildman–Crippen MR) is 315 cm³/mol. The second-order valence-corrected chi connectivity index (χ2v) is 24.2. The molecule has 3 fully saturated rings. The van der Waals surface area contributed by atoms with E-state index in [-0.39, 0.29) is 30.6 Å². The quantitative estimate of drug-likeness (QED) is 0.0307. The van der Waals surface area contributed by atoms with Gasteiger partial charge < -0.3 is 91.5 Å². The van der Waals surface area contributed by atoms with Crippen molar-refractivity contribution >= 4 is 63.1 Å². The average Bonchev–Trinajstić information content (AvgIpc) is 1.80. The molecule has 3 saturated heterocycles. The van der Waals surface area contributed by atoms with Crippen molar-refractivity contribution in [3.05, 3.63) is 77.9 Å². The smallest absolute Gasteiger partial charge is 0.446 e. The standard InChI is InChI=1S/C57H76N10O20S2/c1-29-27-67-47(48(29)74)53(79)59-26-35(69)24-38(60-49(75)32-9-11-33(12-10-32)54-64-65-55(88-54)34-13-15-37(16-14-34)86-21-7-5-4-6-20-85-3)50(76)61-44(30(2)68)56(80)66-28-36(70)25-39(66)51(77)62-45(52(78)63-46(57(67)81)41(72)18-19-58)42(73)22-31-8-17-40(71)43(23-31)87-89(82,83)84/h8-17,23,29-30,35-36,38-39,41-42,44-48,68-74H,4-7,18-22,24-28,58H2,1-3H3,(H,59,79)(H,60,75)(H,61,76)(H,62,77)(H,63,78)(H,82,83,84)/t29-,30+,35+,36+,38?,39?,41+,42+,44?,45-,46?,47?,48-/m0/s1. The molecular weight excluding hydrogens is 1210 g/mol. The molecule has 7 rings (SSSR count). The Kier molecular flexibility index (Phi) is 24.3. The van der Waals surface area contributed by atoms with Crippen LogP contribution in [0.4, 0.5) is 0 Å². The van der Waals surface area contributed by atoms with Gasteiger partial charge in [-0.25, -0.2) is 0 Å². The third kappa shape index (κ3) is 18.3. The molecular formula is C57H76N10O20S2. The molecule has 0 radical (unpaired) electrons. The lowest BCUT2D eigenvalue weighted by atomic mass is 9.98. The molecule has 3 aliphatic heterocycles. The number of hydrogen-bond acceptors (Lipinski definition) is 23. The number of aromatic nitrogens is 2. The number of nitrogens with two attached hydrogens (primary N) is 1. The number of fused-ring (bicyclic) bond motifs is 2. The number of phenolic OH excluding ortho intramolecular Hbond substituents is 1. The Balaban J connectivity index is 1.16. The fourth-order valence-corrected chi connectivity index (χ4v) is 11.7. The zero-order valence-corrected chi connectivity index (χ0v) is 50.5. The van der Waals surface area contributed by atoms with Crippen molar-refractivity contribution in [1.29, 1.82) is 0 Å². The molecule has 0 aliphatic carbocycles. The number of unbranched alkanes of at least 4 members (excludes halogenated alkanes) is 3. The van der Waals surface area contributed by atoms with Crippen LogP contribution in [0.5, 0.6) is 17.2 Å². The van der Waals surface area contributed by atoms with Crippen molar-refractivity contribution in [3.63, 3.8) is 0 Å². The molecule has 3 aromatic carbocycles. The van der Waals surface area contributed by atoms with Crippen LogP contribution in [0.15, 0.2) is 66.7 Å². The van der Waals surface area contributed by atoms with Gasteiger partial charge in [0, 0.05) is 75.2 Å². The molecule has 0 saturated carbocycles. The molecule has 89 heavy (non-hydrogen) atoms. The number of rotatable bonds is 21. The van der Waals surface area contributed by atoms with Gasteiger partial charge in [-0.05, 0) is 93.2 Å². The molecule has 0 spiro atoms. The van der Waals surface area contributed by atoms with Crippen molar-refractivity contribution in [2.24, 2.45) is 11.7 Å². The van der Waals surface area contributed by atoms with Gasteiger partial charge in [0.05, 0.1) is 43.2 Å². The maximum absolute atomic E-state index is 14.7. The monoisotopic (exact) mass is 1280 g/mol. The van der Waals surface area contributed by atoms with E-state index >= 15 is 0 Å². The molecule has 4 aromatic rings. The SMILES string of the molecule is COCCCCCCOc1ccc(-c2nnc(-c3ccc(C(=O)NC4C[C@@H](O)CNC(=O)C5[C@@H](O)[C@@H](C)CN5C(=O)C([C@H](O)CCN)NC(=O)[C@H]([C@H](O)Cc5ccc(O)c(OS(=O)(=O)O)c5)NC(=O)C5C[C@@H](O)CN5C(=O)C([C@@H](C)O)NC4=O)cc3)s2)cc1. The number of amides is 7. The van der Waals surface area contributed by atoms with E-state index in [1.165, 1.54) is 30.4 Å². The molecule has 1 aromatic heterocycles. The van der Waals surface area contributed by atoms with Gasteiger partial charge in [0.1, 0.15) is 52.0 Å². The van der Waals surface area contributed by atoms with Crippen molar-refractivity contribution < 1.29 is 95.9 Å². The summed E-state index contributed by atoms with van der Waals surface area (Å²) >= 11 is 1.28. The van der Waals surface area contributed by atoms with E-state index in [0.29, 0.717) is 27.9 Å². The van der Waals surface area contributed by atoms with Gasteiger partial charge in [0.15, 0.2) is 11.5 Å². The van der Waals surface area contributed by atoms with Crippen molar-refractivity contribution in [3.8, 4) is 38.4 Å². The number of nitrogens with zero attached hydrogens (tertiary/aromatic N) is 4. The van der Waals surface area contributed by atoms with E-state index in [4.69, 9.17) is 15.2 Å². The van der Waals surface area contributed by atoms with Crippen LogP contribution < -0.4 is 41.2 Å². The first kappa shape index (κ1) is 69.0. The lowest BCUT2D eigenvalue weighted by Crippen LogP contribution is -2.64. The molecule has 4 heterocycles. The number of benzene rings is 3. The third-order valence-electron chi connectivity index (χ3n) is 15.3. The summed E-state index contributed by atoms with van der Waals surface area (Å²) < 4.78 is 47.8. The number of carbonyl (C=O) groups is 7. The highest BCUT2D eigenvalue weighted by atomic mass is 32.3. The maximum atomic E-state index is 14.7. The zero-order valence-electron chi connectivity index (χ0n) is 48.9. The van der Waals surface area contributed by atoms with Crippen LogP contribution in [0.25, 0.3) is 21.1 Å². The van der Waals surface area contributed by atoms with Gasteiger partial charge >= 0.3 is 10.4 Å². The summed E-state index contributed by atoms with van der Waals surface area (Å²) in [6.07, 6.45) is -8.80. The fourth-order valence-electron chi connectivity index (χ4n) is 10.5. The number of nitrogens with one attached hydrogen (secondary N) is 5. The molecule has 30 nitrogen and oxygen atoms in total. The minimum absolute atomic E-state index is 0.00410. The molecule has 0 bridgehead atoms. The Morgan fingerprint density at radius 2 is 1.38 bits per heavy atom. The molecule has 15 N–H and O–H groups in total. The first-order valence-electron chi connectivity index (χ1n) is 28.8. The zero-order chi connectivity index (χ0) is 64.9. The highest BCUT2D eigenvalue weighted by Crippen LogP contribution is 2.33. The minimum atomic E-state index is -5.21. The van der Waals surface area contributed by atoms with E-state index in [1.807, 2.05) is 24.3 Å². The van der Waals surface area contributed by atoms with Gasteiger partial charge in [0.25, 0.3) is 5.91 Å². The predicted octanol–water partition coefficient (Wildman–Crippen LogP) is -2.36. The second-order valence-electron chi connectivity index (χ2n) is 22.2. The third-order valence-corrected chi connectivity index (χ3v) is 16.7. The molecule has 32 heteroatoms. The van der Waals surface area contributed by atoms with Gasteiger partial charge in [-0.1, -0.05) is 42.9 Å². The van der Waals surface area contributed by atoms with Gasteiger partial charge in [-0.15, -0.1) is 10.2 Å². The highest BCUT2D eigenvalue weighted by molar-refractivity contribution is 7.81. The summed E-state index contributed by atoms with van der Waals surface area (Å²) in [4.78, 5) is 103. The van der Waals surface area contributed by atoms with Crippen LogP contribution in [0, 0.1) is 5.92 Å². The average molecular weight is 1290 g/mol. The largest absolute Gasteiger partial charge is 0.504 e. The summed E-state index contributed by atoms with van der Waals surface area (Å²) in [6.45, 7) is 1.98. The summed E-state index contributed by atoms with van der Waals surface area (Å²) in [5, 5.41) is 100. The highest BCUT2D eigenvalue weighted by Gasteiger charge is 2.50. The van der Waals surface area contributed by atoms with Gasteiger partial charge in [-0.2, -0.15) is 8.42 Å². The lowest BCUT2D eigenvalue weighted by molar-refractivity contribution is -0.147. The second kappa shape index (κ2) is 31.3. The summed E-state index contributed by atoms with van der Waals surface area (Å²) in [6, 6.07) is 4.92. The molecule has 5 unspecified atom stereocenters. The number of β-amino-alcohol motifs (C(OH)–C–C–N with tert-alkyl or cyclic N) is 1. The number of hydrogen-bond donors (Lipinski definition) is 14. The van der Waals surface area contributed by atoms with Crippen LogP contribution >= 0.6 is 11.3 Å². The minimum Gasteiger partial charge on any atom is -0.504 e. The van der Waals surface area contributed by atoms with Crippen LogP contribution in [-0.2, 0) is 50.3 Å². The van der Waals surface area contributed by atoms with Crippen LogP contribution in [-0.4, -0.2) is 229 Å². The van der Waals surface area contributed by atoms with E-state index in [2.05, 4.69) is 41.0 Å². The van der Waals surface area contributed by atoms with Crippen LogP contribution in [0.2, 0.25) is 0 Å². The number of carbonyl (C=O) groups excluding carboxylic acids is 7. The molecule has 3 aliphatic rings. The number of aliphatic hydroxyl groups excluding tert-OH is 6. The Labute approximate surface area is 516 Å². The van der Waals surface area contributed by atoms with E-state index in [0.717, 1.165) is 72.8 Å². The van der Waals surface area contributed by atoms with Crippen LogP contribution in [0.1, 0.15) is 74.7 Å². The summed E-state index contributed by atoms with van der Waals surface area (Å²) in [5.41, 5.74) is 7.03. The van der Waals surface area contributed by atoms with Gasteiger partial charge in [0.2, 0.25) is 35.4 Å². The van der Waals surface area contributed by atoms with E-state index < -0.39 is 174 Å². The number of aliphatic hydroxyl groups is 6. The fraction of sp³-hybridized carbons (Fsp3) is 0.526. The number of methoxy groups -OCH3 is 1. The lowest BCUT2D eigenvalue weighted by Gasteiger charge is -2.34. The number of ether oxygens (including phenoxy) is 2. The maximum Gasteiger partial charge on any atom is 0.446 e. The van der Waals surface area contributed by atoms with Crippen molar-refractivity contribution in [1.82, 2.24) is 46.6 Å². The van der Waals surface area contributed by atoms with Crippen LogP contribution in [0.3, 0.4) is 0 Å². The number of aromatic hydroxyl groups is 1. The van der Waals surface area contributed by atoms with E-state index in [9.17, 15) is 82.3 Å². The Hall–Kier alpha value is -7.50. The van der Waals surface area contributed by atoms with Crippen molar-refractivity contribution in [2.45, 2.75) is 138 Å². The Bertz CT molecular complexity index is 3230. The van der Waals surface area contributed by atoms with Crippen molar-refractivity contribution in [2.75, 3.05) is 46.5 Å². The topological polar surface area (TPSA) is 462 Å². The molecule has 486 valence electrons. The molecule has 13 atom stereocenters. The first-order chi connectivity index (χ1) is 42.3.